The van der Waals surface area contributed by atoms with Gasteiger partial charge in [0, 0.05) is 5.41 Å². The Kier molecular flexibility index (Phi) is 3.90. The van der Waals surface area contributed by atoms with Crippen LogP contribution < -0.4 is 9.71 Å². The highest BCUT2D eigenvalue weighted by Gasteiger charge is 2.30. The number of aromatic nitrogens is 3. The van der Waals surface area contributed by atoms with E-state index in [2.05, 4.69) is 37.0 Å². The first-order valence-electron chi connectivity index (χ1n) is 6.40. The van der Waals surface area contributed by atoms with Crippen LogP contribution in [0.25, 0.3) is 5.13 Å². The van der Waals surface area contributed by atoms with E-state index in [0.717, 1.165) is 28.3 Å². The van der Waals surface area contributed by atoms with Gasteiger partial charge in [-0.15, -0.1) is 0 Å². The molecule has 0 radical (unpaired) electrons. The molecule has 21 heavy (non-hydrogen) atoms. The van der Waals surface area contributed by atoms with Crippen LogP contribution in [0.4, 0.5) is 0 Å². The van der Waals surface area contributed by atoms with Crippen LogP contribution in [0.5, 0.6) is 0 Å². The van der Waals surface area contributed by atoms with E-state index in [1.54, 1.807) is 0 Å². The van der Waals surface area contributed by atoms with E-state index >= 15 is 0 Å². The summed E-state index contributed by atoms with van der Waals surface area (Å²) >= 11 is 0.971. The van der Waals surface area contributed by atoms with Gasteiger partial charge in [0.25, 0.3) is 14.4 Å². The quantitative estimate of drug-likeness (QED) is 0.844. The zero-order valence-corrected chi connectivity index (χ0v) is 14.3. The first-order valence-corrected chi connectivity index (χ1v) is 8.77. The Morgan fingerprint density at radius 2 is 1.81 bits per heavy atom. The van der Waals surface area contributed by atoms with E-state index in [1.807, 2.05) is 24.5 Å². The summed E-state index contributed by atoms with van der Waals surface area (Å²) in [5.41, 5.74) is 3.03. The van der Waals surface area contributed by atoms with Crippen molar-refractivity contribution in [2.75, 3.05) is 0 Å². The zero-order valence-electron chi connectivity index (χ0n) is 12.7. The fraction of sp³-hybridized carbons (Fsp3) is 0.462. The lowest BCUT2D eigenvalue weighted by atomic mass is 9.90. The largest absolute Gasteiger partial charge is 0.416 e. The van der Waals surface area contributed by atoms with Crippen molar-refractivity contribution in [3.8, 4) is 5.13 Å². The minimum atomic E-state index is -3.83. The summed E-state index contributed by atoms with van der Waals surface area (Å²) in [5.74, 6) is 0. The van der Waals surface area contributed by atoms with Gasteiger partial charge < -0.3 is 0 Å². The topological polar surface area (TPSA) is 89.8 Å². The third-order valence-corrected chi connectivity index (χ3v) is 5.21. The maximum atomic E-state index is 11.4. The molecule has 0 aliphatic heterocycles. The molecule has 0 fully saturated rings. The Labute approximate surface area is 128 Å². The molecular weight excluding hydrogens is 308 g/mol. The molecule has 0 aromatic carbocycles. The Morgan fingerprint density at radius 3 is 2.29 bits per heavy atom. The lowest BCUT2D eigenvalue weighted by Crippen LogP contribution is -2.43. The first kappa shape index (κ1) is 16.0. The Bertz CT molecular complexity index is 789. The summed E-state index contributed by atoms with van der Waals surface area (Å²) in [5, 5.41) is 13.3. The molecule has 0 unspecified atom stereocenters. The normalized spacial score (nSPS) is 12.7. The van der Waals surface area contributed by atoms with E-state index in [-0.39, 0.29) is 9.75 Å². The Hall–Kier alpha value is -1.38. The van der Waals surface area contributed by atoms with Crippen LogP contribution in [-0.2, 0) is 15.4 Å². The second-order valence-corrected chi connectivity index (χ2v) is 8.73. The van der Waals surface area contributed by atoms with Gasteiger partial charge in [-0.3, -0.25) is 0 Å². The smallest absolute Gasteiger partial charge is 0.222 e. The number of nitrogens with zero attached hydrogens (tertiary/aromatic N) is 3. The van der Waals surface area contributed by atoms with Gasteiger partial charge in [0.1, 0.15) is 11.4 Å². The number of rotatable bonds is 2. The number of nitrogens with two attached hydrogens (primary N) is 1. The fourth-order valence-corrected chi connectivity index (χ4v) is 3.62. The first-order chi connectivity index (χ1) is 9.50. The molecule has 2 N–H and O–H groups in total. The molecule has 114 valence electrons. The lowest BCUT2D eigenvalue weighted by Gasteiger charge is -2.20. The van der Waals surface area contributed by atoms with Crippen LogP contribution in [0.3, 0.4) is 0 Å². The zero-order chi connectivity index (χ0) is 16.0. The molecule has 2 aromatic rings. The highest BCUT2D eigenvalue weighted by atomic mass is 32.2. The van der Waals surface area contributed by atoms with E-state index < -0.39 is 10.0 Å². The number of sulfonamides is 1. The summed E-state index contributed by atoms with van der Waals surface area (Å²) in [7, 11) is -3.83. The summed E-state index contributed by atoms with van der Waals surface area (Å²) < 4.78 is 24.5. The Balaban J connectivity index is 2.72. The van der Waals surface area contributed by atoms with Gasteiger partial charge in [-0.1, -0.05) is 20.8 Å². The molecule has 0 bridgehead atoms. The van der Waals surface area contributed by atoms with Crippen LogP contribution in [0.1, 0.15) is 37.7 Å². The van der Waals surface area contributed by atoms with Crippen molar-refractivity contribution in [1.82, 2.24) is 10.2 Å². The van der Waals surface area contributed by atoms with Crippen molar-refractivity contribution >= 4 is 21.4 Å². The monoisotopic (exact) mass is 327 g/mol. The number of hydrogen-bond acceptors (Lipinski definition) is 5. The lowest BCUT2D eigenvalue weighted by molar-refractivity contribution is -0.615. The van der Waals surface area contributed by atoms with Crippen LogP contribution in [0.15, 0.2) is 16.5 Å². The number of aryl methyl sites for hydroxylation is 2. The van der Waals surface area contributed by atoms with Gasteiger partial charge in [-0.05, 0) is 48.0 Å². The Morgan fingerprint density at radius 1 is 1.19 bits per heavy atom. The van der Waals surface area contributed by atoms with Crippen molar-refractivity contribution in [2.24, 2.45) is 5.14 Å². The van der Waals surface area contributed by atoms with Crippen molar-refractivity contribution in [3.05, 3.63) is 29.1 Å². The molecule has 0 saturated carbocycles. The van der Waals surface area contributed by atoms with E-state index in [4.69, 9.17) is 5.14 Å². The average molecular weight is 327 g/mol. The molecule has 6 nitrogen and oxygen atoms in total. The summed E-state index contributed by atoms with van der Waals surface area (Å²) in [4.78, 5) is 0. The number of primary sulfonamides is 1. The van der Waals surface area contributed by atoms with E-state index in [0.29, 0.717) is 5.13 Å². The van der Waals surface area contributed by atoms with Crippen LogP contribution in [0.2, 0.25) is 0 Å². The van der Waals surface area contributed by atoms with E-state index in [9.17, 15) is 8.42 Å². The van der Waals surface area contributed by atoms with Gasteiger partial charge in [-0.2, -0.15) is 4.57 Å². The molecule has 0 spiro atoms. The van der Waals surface area contributed by atoms with Gasteiger partial charge in [0.05, 0.1) is 5.10 Å². The predicted octanol–water partition coefficient (Wildman–Crippen LogP) is 1.38. The van der Waals surface area contributed by atoms with Gasteiger partial charge >= 0.3 is 5.13 Å². The summed E-state index contributed by atoms with van der Waals surface area (Å²) in [6.07, 6.45) is 0. The van der Waals surface area contributed by atoms with Crippen LogP contribution in [-0.4, -0.2) is 18.6 Å². The highest BCUT2D eigenvalue weighted by molar-refractivity contribution is 7.91. The van der Waals surface area contributed by atoms with Gasteiger partial charge in [0.2, 0.25) is 0 Å². The number of hydrogen-bond donors (Lipinski definition) is 1. The highest BCUT2D eigenvalue weighted by Crippen LogP contribution is 2.23. The average Bonchev–Trinajstić information content (AvgIpc) is 2.75. The van der Waals surface area contributed by atoms with Crippen molar-refractivity contribution in [3.63, 3.8) is 0 Å². The molecule has 0 saturated heterocycles. The molecule has 2 rings (SSSR count). The molecule has 2 aromatic heterocycles. The van der Waals surface area contributed by atoms with E-state index in [1.165, 1.54) is 0 Å². The SMILES string of the molecule is Cc1cc(C)[n+](-c2nnc(S(N)(=O)=O)s2)c(C(C)(C)C)c1. The van der Waals surface area contributed by atoms with Crippen LogP contribution >= 0.6 is 11.3 Å². The molecule has 8 heteroatoms. The minimum Gasteiger partial charge on any atom is -0.222 e. The predicted molar refractivity (Wildman–Crippen MR) is 81.0 cm³/mol. The molecule has 0 aliphatic carbocycles. The van der Waals surface area contributed by atoms with Gasteiger partial charge in [0.15, 0.2) is 0 Å². The van der Waals surface area contributed by atoms with Crippen LogP contribution in [0, 0.1) is 13.8 Å². The second-order valence-electron chi connectivity index (χ2n) is 6.04. The van der Waals surface area contributed by atoms with Crippen molar-refractivity contribution in [1.29, 1.82) is 0 Å². The molecule has 0 atom stereocenters. The fourth-order valence-electron chi connectivity index (χ4n) is 2.12. The standard InChI is InChI=1S/C13H19N4O2S2/c1-8-6-9(2)17(10(7-8)13(3,4)5)11-15-16-12(20-11)21(14,18)19/h6-7H,1-5H3,(H2,14,18,19)/q+1. The van der Waals surface area contributed by atoms with Gasteiger partial charge in [-0.25, -0.2) is 13.6 Å². The van der Waals surface area contributed by atoms with Crippen molar-refractivity contribution < 1.29 is 13.0 Å². The summed E-state index contributed by atoms with van der Waals surface area (Å²) in [6.45, 7) is 10.3. The second kappa shape index (κ2) is 5.11. The minimum absolute atomic E-state index is 0.121. The molecule has 0 aliphatic rings. The number of pyridine rings is 1. The maximum Gasteiger partial charge on any atom is 0.416 e. The third kappa shape index (κ3) is 3.28. The maximum absolute atomic E-state index is 11.4. The molecule has 0 amide bonds. The third-order valence-electron chi connectivity index (χ3n) is 2.99. The molecular formula is C13H19N4O2S2+. The molecule has 2 heterocycles. The van der Waals surface area contributed by atoms with Crippen molar-refractivity contribution in [2.45, 2.75) is 44.4 Å². The summed E-state index contributed by atoms with van der Waals surface area (Å²) in [6, 6.07) is 4.10.